The molecule has 1 aromatic carbocycles. The highest BCUT2D eigenvalue weighted by Gasteiger charge is 2.42. The number of benzene rings is 1. The van der Waals surface area contributed by atoms with Gasteiger partial charge in [0.25, 0.3) is 5.91 Å². The molecule has 27 heavy (non-hydrogen) atoms. The third-order valence-electron chi connectivity index (χ3n) is 4.67. The lowest BCUT2D eigenvalue weighted by Crippen LogP contribution is -2.57. The molecule has 1 amide bonds. The van der Waals surface area contributed by atoms with E-state index in [0.717, 1.165) is 11.5 Å². The first kappa shape index (κ1) is 21.7. The van der Waals surface area contributed by atoms with Gasteiger partial charge in [-0.2, -0.15) is 11.8 Å². The third kappa shape index (κ3) is 5.24. The van der Waals surface area contributed by atoms with Crippen molar-refractivity contribution in [3.05, 3.63) is 29.8 Å². The topological polar surface area (TPSA) is 102 Å². The number of rotatable bonds is 7. The molecule has 1 aromatic rings. The Bertz CT molecular complexity index is 771. The summed E-state index contributed by atoms with van der Waals surface area (Å²) in [6.45, 7) is 3.68. The molecule has 150 valence electrons. The molecule has 1 aliphatic rings. The van der Waals surface area contributed by atoms with E-state index < -0.39 is 27.4 Å². The largest absolute Gasteiger partial charge is 0.467 e. The number of carbonyl (C=O) groups excluding carboxylic acids is 2. The van der Waals surface area contributed by atoms with Crippen LogP contribution >= 0.6 is 11.8 Å². The van der Waals surface area contributed by atoms with Gasteiger partial charge in [0.15, 0.2) is 0 Å². The Morgan fingerprint density at radius 2 is 1.81 bits per heavy atom. The van der Waals surface area contributed by atoms with Crippen molar-refractivity contribution in [2.24, 2.45) is 0 Å². The van der Waals surface area contributed by atoms with Crippen molar-refractivity contribution in [1.29, 1.82) is 0 Å². The summed E-state index contributed by atoms with van der Waals surface area (Å²) < 4.78 is 32.1. The van der Waals surface area contributed by atoms with Crippen LogP contribution in [0.3, 0.4) is 0 Å². The number of hydrogen-bond donors (Lipinski definition) is 2. The second-order valence-electron chi connectivity index (χ2n) is 6.60. The van der Waals surface area contributed by atoms with Gasteiger partial charge in [0, 0.05) is 11.6 Å². The monoisotopic (exact) mass is 414 g/mol. The first-order valence-corrected chi connectivity index (χ1v) is 11.5. The molecule has 0 aliphatic carbocycles. The zero-order chi connectivity index (χ0) is 20.1. The Labute approximate surface area is 164 Å². The van der Waals surface area contributed by atoms with Crippen LogP contribution in [0.2, 0.25) is 0 Å². The predicted octanol–water partition coefficient (Wildman–Crippen LogP) is 1.93. The number of esters is 1. The van der Waals surface area contributed by atoms with Crippen LogP contribution in [0, 0.1) is 0 Å². The van der Waals surface area contributed by atoms with E-state index >= 15 is 0 Å². The molecule has 1 aliphatic heterocycles. The lowest BCUT2D eigenvalue weighted by molar-refractivity contribution is -0.148. The lowest BCUT2D eigenvalue weighted by Gasteiger charge is -2.34. The minimum absolute atomic E-state index is 0.0936. The van der Waals surface area contributed by atoms with E-state index in [-0.39, 0.29) is 10.9 Å². The van der Waals surface area contributed by atoms with Crippen LogP contribution in [0.5, 0.6) is 0 Å². The van der Waals surface area contributed by atoms with Gasteiger partial charge < -0.3 is 10.1 Å². The first-order valence-electron chi connectivity index (χ1n) is 8.85. The highest BCUT2D eigenvalue weighted by molar-refractivity contribution is 7.99. The summed E-state index contributed by atoms with van der Waals surface area (Å²) in [6, 6.07) is 5.50. The van der Waals surface area contributed by atoms with Gasteiger partial charge in [-0.3, -0.25) is 4.79 Å². The van der Waals surface area contributed by atoms with E-state index in [1.54, 1.807) is 18.7 Å². The maximum atomic E-state index is 12.6. The van der Waals surface area contributed by atoms with E-state index in [4.69, 9.17) is 4.74 Å². The van der Waals surface area contributed by atoms with Crippen LogP contribution in [0.1, 0.15) is 43.5 Å². The number of nitrogens with one attached hydrogen (secondary N) is 2. The van der Waals surface area contributed by atoms with Gasteiger partial charge in [0.05, 0.1) is 12.0 Å². The summed E-state index contributed by atoms with van der Waals surface area (Å²) in [5.41, 5.74) is -0.737. The maximum absolute atomic E-state index is 12.6. The molecule has 1 atom stereocenters. The number of ether oxygens (including phenoxy) is 1. The second kappa shape index (κ2) is 9.07. The minimum atomic E-state index is -3.63. The molecule has 2 N–H and O–H groups in total. The molecule has 0 radical (unpaired) electrons. The fourth-order valence-corrected chi connectivity index (χ4v) is 5.30. The molecule has 7 nitrogen and oxygen atoms in total. The SMILES string of the molecule is CC[C@H](C)NS(=O)(=O)c1ccc(C(=O)NC2(C(=O)OC)CCSCC2)cc1. The number of carbonyl (C=O) groups is 2. The van der Waals surface area contributed by atoms with Crippen LogP contribution < -0.4 is 10.0 Å². The van der Waals surface area contributed by atoms with Crippen LogP contribution in [0.25, 0.3) is 0 Å². The molecule has 0 unspecified atom stereocenters. The van der Waals surface area contributed by atoms with E-state index in [1.807, 2.05) is 6.92 Å². The standard InChI is InChI=1S/C18H26N2O5S2/c1-4-13(2)20-27(23,24)15-7-5-14(6-8-15)16(21)19-18(17(22)25-3)9-11-26-12-10-18/h5-8,13,20H,4,9-12H2,1-3H3,(H,19,21)/t13-/m0/s1. The van der Waals surface area contributed by atoms with Crippen molar-refractivity contribution in [2.75, 3.05) is 18.6 Å². The smallest absolute Gasteiger partial charge is 0.331 e. The number of thioether (sulfide) groups is 1. The van der Waals surface area contributed by atoms with Crippen LogP contribution in [-0.4, -0.2) is 50.5 Å². The number of methoxy groups -OCH3 is 1. The Hall–Kier alpha value is -1.58. The van der Waals surface area contributed by atoms with Crippen LogP contribution in [-0.2, 0) is 19.6 Å². The Morgan fingerprint density at radius 1 is 1.22 bits per heavy atom. The maximum Gasteiger partial charge on any atom is 0.331 e. The van der Waals surface area contributed by atoms with Gasteiger partial charge in [0.2, 0.25) is 10.0 Å². The van der Waals surface area contributed by atoms with Crippen molar-refractivity contribution in [3.8, 4) is 0 Å². The molecule has 9 heteroatoms. The summed E-state index contributed by atoms with van der Waals surface area (Å²) in [6.07, 6.45) is 1.68. The van der Waals surface area contributed by atoms with Crippen molar-refractivity contribution in [1.82, 2.24) is 10.0 Å². The number of amides is 1. The first-order chi connectivity index (χ1) is 12.7. The van der Waals surface area contributed by atoms with E-state index in [1.165, 1.54) is 31.4 Å². The van der Waals surface area contributed by atoms with E-state index in [2.05, 4.69) is 10.0 Å². The van der Waals surface area contributed by atoms with Crippen molar-refractivity contribution in [3.63, 3.8) is 0 Å². The molecule has 0 aromatic heterocycles. The molecular formula is C18H26N2O5S2. The molecule has 1 fully saturated rings. The summed E-state index contributed by atoms with van der Waals surface area (Å²) in [7, 11) is -2.32. The number of hydrogen-bond acceptors (Lipinski definition) is 6. The van der Waals surface area contributed by atoms with Crippen molar-refractivity contribution >= 4 is 33.7 Å². The quantitative estimate of drug-likeness (QED) is 0.661. The summed E-state index contributed by atoms with van der Waals surface area (Å²) >= 11 is 1.73. The molecule has 0 saturated carbocycles. The van der Waals surface area contributed by atoms with Crippen LogP contribution in [0.15, 0.2) is 29.2 Å². The molecule has 0 bridgehead atoms. The Kier molecular flexibility index (Phi) is 7.30. The minimum Gasteiger partial charge on any atom is -0.467 e. The molecule has 0 spiro atoms. The zero-order valence-electron chi connectivity index (χ0n) is 15.8. The average molecular weight is 415 g/mol. The highest BCUT2D eigenvalue weighted by Crippen LogP contribution is 2.28. The summed E-state index contributed by atoms with van der Waals surface area (Å²) in [5, 5.41) is 2.81. The molecule has 2 rings (SSSR count). The Morgan fingerprint density at radius 3 is 2.33 bits per heavy atom. The predicted molar refractivity (Wildman–Crippen MR) is 105 cm³/mol. The van der Waals surface area contributed by atoms with Gasteiger partial charge >= 0.3 is 5.97 Å². The lowest BCUT2D eigenvalue weighted by atomic mass is 9.91. The fourth-order valence-electron chi connectivity index (χ4n) is 2.79. The van der Waals surface area contributed by atoms with E-state index in [9.17, 15) is 18.0 Å². The summed E-state index contributed by atoms with van der Waals surface area (Å²) in [5.74, 6) is 0.640. The molecule has 1 saturated heterocycles. The van der Waals surface area contributed by atoms with E-state index in [0.29, 0.717) is 24.8 Å². The van der Waals surface area contributed by atoms with Gasteiger partial charge in [-0.05, 0) is 62.0 Å². The normalized spacial score (nSPS) is 17.7. The summed E-state index contributed by atoms with van der Waals surface area (Å²) in [4.78, 5) is 25.0. The highest BCUT2D eigenvalue weighted by atomic mass is 32.2. The zero-order valence-corrected chi connectivity index (χ0v) is 17.4. The molecule has 1 heterocycles. The second-order valence-corrected chi connectivity index (χ2v) is 9.53. The number of sulfonamides is 1. The average Bonchev–Trinajstić information content (AvgIpc) is 2.67. The van der Waals surface area contributed by atoms with Gasteiger partial charge in [-0.1, -0.05) is 6.92 Å². The van der Waals surface area contributed by atoms with Gasteiger partial charge in [-0.15, -0.1) is 0 Å². The van der Waals surface area contributed by atoms with Gasteiger partial charge in [-0.25, -0.2) is 17.9 Å². The van der Waals surface area contributed by atoms with Gasteiger partial charge in [0.1, 0.15) is 5.54 Å². The fraction of sp³-hybridized carbons (Fsp3) is 0.556. The van der Waals surface area contributed by atoms with Crippen molar-refractivity contribution in [2.45, 2.75) is 49.6 Å². The van der Waals surface area contributed by atoms with Crippen molar-refractivity contribution < 1.29 is 22.7 Å². The van der Waals surface area contributed by atoms with Crippen LogP contribution in [0.4, 0.5) is 0 Å². The third-order valence-corrected chi connectivity index (χ3v) is 7.26. The Balaban J connectivity index is 2.16. The molecular weight excluding hydrogens is 388 g/mol.